The Morgan fingerprint density at radius 2 is 2.29 bits per heavy atom. The second-order valence-electron chi connectivity index (χ2n) is 3.94. The van der Waals surface area contributed by atoms with Gasteiger partial charge in [0.25, 0.3) is 0 Å². The van der Waals surface area contributed by atoms with Gasteiger partial charge in [-0.15, -0.1) is 11.3 Å². The Balaban J connectivity index is 1.95. The Bertz CT molecular complexity index is 479. The Labute approximate surface area is 104 Å². The SMILES string of the molecule is CCn1ncnc1CC(O)Cc1nc(C)cs1. The summed E-state index contributed by atoms with van der Waals surface area (Å²) in [5.74, 6) is 0.827. The Morgan fingerprint density at radius 1 is 1.47 bits per heavy atom. The average Bonchev–Trinajstić information content (AvgIpc) is 2.87. The van der Waals surface area contributed by atoms with Gasteiger partial charge in [-0.1, -0.05) is 0 Å². The summed E-state index contributed by atoms with van der Waals surface area (Å²) in [7, 11) is 0. The van der Waals surface area contributed by atoms with Crippen LogP contribution in [0, 0.1) is 6.92 Å². The molecule has 1 atom stereocenters. The molecule has 1 unspecified atom stereocenters. The molecule has 0 saturated carbocycles. The van der Waals surface area contributed by atoms with Crippen molar-refractivity contribution in [1.29, 1.82) is 0 Å². The molecule has 0 aliphatic rings. The molecule has 92 valence electrons. The van der Waals surface area contributed by atoms with Crippen molar-refractivity contribution in [3.8, 4) is 0 Å². The molecule has 2 aromatic heterocycles. The average molecular weight is 252 g/mol. The van der Waals surface area contributed by atoms with E-state index < -0.39 is 6.10 Å². The third kappa shape index (κ3) is 3.10. The number of aliphatic hydroxyl groups excluding tert-OH is 1. The first kappa shape index (κ1) is 12.2. The van der Waals surface area contributed by atoms with Gasteiger partial charge in [0.2, 0.25) is 0 Å². The summed E-state index contributed by atoms with van der Waals surface area (Å²) in [5.41, 5.74) is 1.01. The van der Waals surface area contributed by atoms with Crippen LogP contribution in [-0.4, -0.2) is 31.0 Å². The van der Waals surface area contributed by atoms with E-state index in [9.17, 15) is 5.11 Å². The summed E-state index contributed by atoms with van der Waals surface area (Å²) in [5, 5.41) is 17.0. The molecule has 0 aliphatic carbocycles. The molecule has 17 heavy (non-hydrogen) atoms. The summed E-state index contributed by atoms with van der Waals surface area (Å²) >= 11 is 1.59. The van der Waals surface area contributed by atoms with E-state index in [-0.39, 0.29) is 0 Å². The van der Waals surface area contributed by atoms with Crippen LogP contribution in [0.4, 0.5) is 0 Å². The minimum atomic E-state index is -0.449. The third-order valence-electron chi connectivity index (χ3n) is 2.49. The number of nitrogens with zero attached hydrogens (tertiary/aromatic N) is 4. The predicted molar refractivity (Wildman–Crippen MR) is 66.0 cm³/mol. The van der Waals surface area contributed by atoms with Crippen LogP contribution < -0.4 is 0 Å². The van der Waals surface area contributed by atoms with Gasteiger partial charge in [0.15, 0.2) is 0 Å². The summed E-state index contributed by atoms with van der Waals surface area (Å²) in [6.07, 6.45) is 2.18. The number of rotatable bonds is 5. The van der Waals surface area contributed by atoms with E-state index in [1.54, 1.807) is 16.0 Å². The number of hydrogen-bond acceptors (Lipinski definition) is 5. The molecular formula is C11H16N4OS. The van der Waals surface area contributed by atoms with Crippen molar-refractivity contribution in [2.24, 2.45) is 0 Å². The molecule has 0 bridgehead atoms. The van der Waals surface area contributed by atoms with Crippen LogP contribution in [0.5, 0.6) is 0 Å². The van der Waals surface area contributed by atoms with Gasteiger partial charge in [0.1, 0.15) is 12.2 Å². The lowest BCUT2D eigenvalue weighted by molar-refractivity contribution is 0.171. The molecule has 6 heteroatoms. The highest BCUT2D eigenvalue weighted by Crippen LogP contribution is 2.12. The van der Waals surface area contributed by atoms with Crippen LogP contribution in [0.3, 0.4) is 0 Å². The van der Waals surface area contributed by atoms with Gasteiger partial charge in [-0.05, 0) is 13.8 Å². The molecule has 0 spiro atoms. The van der Waals surface area contributed by atoms with Crippen molar-refractivity contribution in [1.82, 2.24) is 19.7 Å². The Kier molecular flexibility index (Phi) is 3.86. The Morgan fingerprint density at radius 3 is 2.94 bits per heavy atom. The molecule has 2 rings (SSSR count). The lowest BCUT2D eigenvalue weighted by Crippen LogP contribution is -2.17. The molecule has 0 radical (unpaired) electrons. The van der Waals surface area contributed by atoms with Crippen LogP contribution in [-0.2, 0) is 19.4 Å². The molecule has 2 aromatic rings. The summed E-state index contributed by atoms with van der Waals surface area (Å²) < 4.78 is 1.80. The van der Waals surface area contributed by atoms with E-state index >= 15 is 0 Å². The van der Waals surface area contributed by atoms with Crippen molar-refractivity contribution >= 4 is 11.3 Å². The van der Waals surface area contributed by atoms with Crippen LogP contribution >= 0.6 is 11.3 Å². The van der Waals surface area contributed by atoms with E-state index in [4.69, 9.17) is 0 Å². The molecule has 1 N–H and O–H groups in total. The van der Waals surface area contributed by atoms with Crippen molar-refractivity contribution < 1.29 is 5.11 Å². The molecule has 2 heterocycles. The number of aryl methyl sites for hydroxylation is 2. The number of hydrogen-bond donors (Lipinski definition) is 1. The van der Waals surface area contributed by atoms with E-state index in [0.717, 1.165) is 23.1 Å². The number of aliphatic hydroxyl groups is 1. The first-order valence-corrected chi connectivity index (χ1v) is 6.52. The first-order valence-electron chi connectivity index (χ1n) is 5.64. The lowest BCUT2D eigenvalue weighted by Gasteiger charge is -2.08. The maximum atomic E-state index is 9.99. The van der Waals surface area contributed by atoms with E-state index in [2.05, 4.69) is 15.1 Å². The summed E-state index contributed by atoms with van der Waals surface area (Å²) in [4.78, 5) is 8.49. The van der Waals surface area contributed by atoms with E-state index in [0.29, 0.717) is 12.8 Å². The highest BCUT2D eigenvalue weighted by Gasteiger charge is 2.13. The van der Waals surface area contributed by atoms with Gasteiger partial charge >= 0.3 is 0 Å². The zero-order valence-electron chi connectivity index (χ0n) is 10.00. The van der Waals surface area contributed by atoms with E-state index in [1.807, 2.05) is 19.2 Å². The fourth-order valence-corrected chi connectivity index (χ4v) is 2.54. The zero-order chi connectivity index (χ0) is 12.3. The molecule has 0 aromatic carbocycles. The number of thiazole rings is 1. The Hall–Kier alpha value is -1.27. The topological polar surface area (TPSA) is 63.8 Å². The van der Waals surface area contributed by atoms with Gasteiger partial charge in [-0.25, -0.2) is 9.97 Å². The second-order valence-corrected chi connectivity index (χ2v) is 4.88. The fourth-order valence-electron chi connectivity index (χ4n) is 1.69. The lowest BCUT2D eigenvalue weighted by atomic mass is 10.2. The summed E-state index contributed by atoms with van der Waals surface area (Å²) in [6, 6.07) is 0. The fraction of sp³-hybridized carbons (Fsp3) is 0.545. The monoisotopic (exact) mass is 252 g/mol. The van der Waals surface area contributed by atoms with Crippen LogP contribution in [0.25, 0.3) is 0 Å². The van der Waals surface area contributed by atoms with Gasteiger partial charge in [0.05, 0.1) is 11.1 Å². The minimum Gasteiger partial charge on any atom is -0.392 e. The standard InChI is InChI=1S/C11H16N4OS/c1-3-15-10(12-7-13-15)4-9(16)5-11-14-8(2)6-17-11/h6-7,9,16H,3-5H2,1-2H3. The maximum Gasteiger partial charge on any atom is 0.138 e. The van der Waals surface area contributed by atoms with Gasteiger partial charge in [-0.3, -0.25) is 4.68 Å². The van der Waals surface area contributed by atoms with E-state index in [1.165, 1.54) is 6.33 Å². The smallest absolute Gasteiger partial charge is 0.138 e. The highest BCUT2D eigenvalue weighted by molar-refractivity contribution is 7.09. The molecular weight excluding hydrogens is 236 g/mol. The minimum absolute atomic E-state index is 0.449. The predicted octanol–water partition coefficient (Wildman–Crippen LogP) is 1.21. The first-order chi connectivity index (χ1) is 8.19. The normalized spacial score (nSPS) is 12.9. The van der Waals surface area contributed by atoms with Gasteiger partial charge < -0.3 is 5.11 Å². The maximum absolute atomic E-state index is 9.99. The molecule has 0 saturated heterocycles. The largest absolute Gasteiger partial charge is 0.392 e. The summed E-state index contributed by atoms with van der Waals surface area (Å²) in [6.45, 7) is 4.74. The van der Waals surface area contributed by atoms with Gasteiger partial charge in [0, 0.05) is 30.5 Å². The van der Waals surface area contributed by atoms with Gasteiger partial charge in [-0.2, -0.15) is 5.10 Å². The van der Waals surface area contributed by atoms with Crippen molar-refractivity contribution in [3.05, 3.63) is 28.2 Å². The van der Waals surface area contributed by atoms with Crippen molar-refractivity contribution in [2.45, 2.75) is 39.3 Å². The quantitative estimate of drug-likeness (QED) is 0.868. The molecule has 5 nitrogen and oxygen atoms in total. The second kappa shape index (κ2) is 5.37. The zero-order valence-corrected chi connectivity index (χ0v) is 10.8. The number of aromatic nitrogens is 4. The molecule has 0 aliphatic heterocycles. The molecule has 0 fully saturated rings. The van der Waals surface area contributed by atoms with Crippen molar-refractivity contribution in [2.75, 3.05) is 0 Å². The van der Waals surface area contributed by atoms with Crippen LogP contribution in [0.15, 0.2) is 11.7 Å². The van der Waals surface area contributed by atoms with Crippen molar-refractivity contribution in [3.63, 3.8) is 0 Å². The highest BCUT2D eigenvalue weighted by atomic mass is 32.1. The van der Waals surface area contributed by atoms with Crippen LogP contribution in [0.1, 0.15) is 23.4 Å². The molecule has 0 amide bonds. The third-order valence-corrected chi connectivity index (χ3v) is 3.48. The van der Waals surface area contributed by atoms with Crippen LogP contribution in [0.2, 0.25) is 0 Å².